The van der Waals surface area contributed by atoms with Crippen molar-refractivity contribution in [2.24, 2.45) is 0 Å². The van der Waals surface area contributed by atoms with Crippen LogP contribution in [0, 0.1) is 5.82 Å². The first kappa shape index (κ1) is 26.8. The topological polar surface area (TPSA) is 18.5 Å². The molecule has 5 rings (SSSR count). The fourth-order valence-corrected chi connectivity index (χ4v) is 9.61. The van der Waals surface area contributed by atoms with Gasteiger partial charge in [-0.1, -0.05) is 91.0 Å². The Morgan fingerprint density at radius 3 is 1.61 bits per heavy atom. The molecule has 0 saturated carbocycles. The highest BCUT2D eigenvalue weighted by atomic mass is 28.4. The lowest BCUT2D eigenvalue weighted by Gasteiger charge is -2.38. The average Bonchev–Trinajstić information content (AvgIpc) is 3.16. The summed E-state index contributed by atoms with van der Waals surface area (Å²) in [6, 6.07) is 36.6. The second kappa shape index (κ2) is 10.7. The van der Waals surface area contributed by atoms with Crippen molar-refractivity contribution >= 4 is 16.6 Å². The van der Waals surface area contributed by atoms with Gasteiger partial charge in [0, 0.05) is 13.2 Å². The van der Waals surface area contributed by atoms with Crippen LogP contribution < -0.4 is 0 Å². The van der Waals surface area contributed by atoms with Gasteiger partial charge in [0.15, 0.2) is 16.6 Å². The third kappa shape index (κ3) is 5.76. The molecule has 0 atom stereocenters. The summed E-state index contributed by atoms with van der Waals surface area (Å²) >= 11 is 0. The van der Waals surface area contributed by atoms with Gasteiger partial charge in [-0.05, 0) is 83.8 Å². The van der Waals surface area contributed by atoms with Crippen molar-refractivity contribution < 1.29 is 13.2 Å². The van der Waals surface area contributed by atoms with Gasteiger partial charge in [-0.15, -0.1) is 0 Å². The summed E-state index contributed by atoms with van der Waals surface area (Å²) in [6.07, 6.45) is 0. The zero-order valence-corrected chi connectivity index (χ0v) is 24.8. The normalized spacial score (nSPS) is 14.2. The van der Waals surface area contributed by atoms with Crippen LogP contribution in [-0.4, -0.2) is 29.8 Å². The monoisotopic (exact) mass is 540 g/mol. The predicted molar refractivity (Wildman–Crippen MR) is 160 cm³/mol. The third-order valence-corrected chi connectivity index (χ3v) is 12.0. The van der Waals surface area contributed by atoms with Crippen LogP contribution in [-0.2, 0) is 26.4 Å². The van der Waals surface area contributed by atoms with E-state index in [-0.39, 0.29) is 5.82 Å². The lowest BCUT2D eigenvalue weighted by atomic mass is 9.80. The number of hydrogen-bond donors (Lipinski definition) is 0. The highest BCUT2D eigenvalue weighted by Gasteiger charge is 2.46. The van der Waals surface area contributed by atoms with E-state index in [1.54, 1.807) is 12.1 Å². The Balaban J connectivity index is 1.49. The van der Waals surface area contributed by atoms with Gasteiger partial charge in [-0.25, -0.2) is 4.39 Å². The molecule has 196 valence electrons. The summed E-state index contributed by atoms with van der Waals surface area (Å²) in [6.45, 7) is 10.0. The van der Waals surface area contributed by atoms with E-state index in [1.165, 1.54) is 16.7 Å². The van der Waals surface area contributed by atoms with Crippen LogP contribution in [0.4, 0.5) is 4.39 Å². The molecule has 0 bridgehead atoms. The fourth-order valence-electron chi connectivity index (χ4n) is 5.69. The van der Waals surface area contributed by atoms with Crippen LogP contribution in [0.15, 0.2) is 103 Å². The molecule has 0 aliphatic heterocycles. The Bertz CT molecular complexity index is 1330. The Kier molecular flexibility index (Phi) is 7.56. The minimum atomic E-state index is -2.09. The van der Waals surface area contributed by atoms with Gasteiger partial charge in [0.2, 0.25) is 0 Å². The SMILES string of the molecule is C[Si](C)(Cc1ccccc1)OCC1(CO[Si](C)(C)Cc2ccccc2)c2ccccc2-c2ccc(F)cc21. The standard InChI is InChI=1S/C33H37FO2Si2/c1-37(2,22-26-13-7-5-8-14-26)35-24-33(25-36-38(3,4)23-27-15-9-6-10-16-27)31-18-12-11-17-29(31)30-20-19-28(34)21-32(30)33/h5-21H,22-25H2,1-4H3. The van der Waals surface area contributed by atoms with Gasteiger partial charge in [0.1, 0.15) is 5.82 Å². The second-order valence-electron chi connectivity index (χ2n) is 11.7. The second-order valence-corrected chi connectivity index (χ2v) is 20.1. The molecule has 0 spiro atoms. The van der Waals surface area contributed by atoms with E-state index in [0.29, 0.717) is 13.2 Å². The van der Waals surface area contributed by atoms with Gasteiger partial charge in [-0.2, -0.15) is 0 Å². The third-order valence-electron chi connectivity index (χ3n) is 7.59. The van der Waals surface area contributed by atoms with Gasteiger partial charge in [0.05, 0.1) is 5.41 Å². The molecule has 38 heavy (non-hydrogen) atoms. The van der Waals surface area contributed by atoms with Crippen LogP contribution in [0.25, 0.3) is 11.1 Å². The van der Waals surface area contributed by atoms with Gasteiger partial charge in [-0.3, -0.25) is 0 Å². The number of benzene rings is 4. The van der Waals surface area contributed by atoms with E-state index < -0.39 is 22.0 Å². The zero-order valence-electron chi connectivity index (χ0n) is 22.8. The maximum atomic E-state index is 14.8. The van der Waals surface area contributed by atoms with Gasteiger partial charge in [0.25, 0.3) is 0 Å². The summed E-state index contributed by atoms with van der Waals surface area (Å²) in [5, 5.41) is 0. The van der Waals surface area contributed by atoms with Crippen molar-refractivity contribution in [2.75, 3.05) is 13.2 Å². The summed E-state index contributed by atoms with van der Waals surface area (Å²) in [5.74, 6) is -0.220. The molecule has 0 heterocycles. The molecular weight excluding hydrogens is 504 g/mol. The molecule has 0 amide bonds. The molecule has 1 aliphatic carbocycles. The summed E-state index contributed by atoms with van der Waals surface area (Å²) < 4.78 is 28.6. The Morgan fingerprint density at radius 1 is 0.579 bits per heavy atom. The summed E-state index contributed by atoms with van der Waals surface area (Å²) in [7, 11) is -4.18. The van der Waals surface area contributed by atoms with Crippen LogP contribution in [0.5, 0.6) is 0 Å². The molecule has 0 unspecified atom stereocenters. The van der Waals surface area contributed by atoms with E-state index in [9.17, 15) is 4.39 Å². The van der Waals surface area contributed by atoms with Crippen LogP contribution >= 0.6 is 0 Å². The largest absolute Gasteiger partial charge is 0.416 e. The number of hydrogen-bond acceptors (Lipinski definition) is 2. The van der Waals surface area contributed by atoms with Gasteiger partial charge < -0.3 is 8.85 Å². The molecule has 4 aromatic rings. The van der Waals surface area contributed by atoms with Gasteiger partial charge >= 0.3 is 0 Å². The van der Waals surface area contributed by atoms with Crippen molar-refractivity contribution in [3.8, 4) is 11.1 Å². The average molecular weight is 541 g/mol. The fraction of sp³-hybridized carbons (Fsp3) is 0.273. The molecule has 0 fully saturated rings. The molecular formula is C33H37FO2Si2. The lowest BCUT2D eigenvalue weighted by molar-refractivity contribution is 0.161. The summed E-state index contributed by atoms with van der Waals surface area (Å²) in [5.41, 5.74) is 6.42. The van der Waals surface area contributed by atoms with E-state index in [4.69, 9.17) is 8.85 Å². The molecule has 2 nitrogen and oxygen atoms in total. The first-order chi connectivity index (χ1) is 18.2. The number of fused-ring (bicyclic) bond motifs is 3. The first-order valence-corrected chi connectivity index (χ1v) is 19.7. The van der Waals surface area contributed by atoms with Crippen LogP contribution in [0.2, 0.25) is 26.2 Å². The molecule has 0 radical (unpaired) electrons. The van der Waals surface area contributed by atoms with E-state index >= 15 is 0 Å². The maximum absolute atomic E-state index is 14.8. The molecule has 0 aromatic heterocycles. The highest BCUT2D eigenvalue weighted by molar-refractivity contribution is 6.71. The molecule has 0 saturated heterocycles. The Hall–Kier alpha value is -2.84. The minimum absolute atomic E-state index is 0.220. The molecule has 5 heteroatoms. The molecule has 0 N–H and O–H groups in total. The molecule has 1 aliphatic rings. The van der Waals surface area contributed by atoms with Crippen molar-refractivity contribution in [1.82, 2.24) is 0 Å². The smallest absolute Gasteiger partial charge is 0.191 e. The number of rotatable bonds is 10. The van der Waals surface area contributed by atoms with Crippen molar-refractivity contribution in [1.29, 1.82) is 0 Å². The number of halogens is 1. The quantitative estimate of drug-likeness (QED) is 0.189. The predicted octanol–water partition coefficient (Wildman–Crippen LogP) is 8.10. The maximum Gasteiger partial charge on any atom is 0.191 e. The van der Waals surface area contributed by atoms with Crippen LogP contribution in [0.1, 0.15) is 22.3 Å². The van der Waals surface area contributed by atoms with E-state index in [0.717, 1.165) is 28.8 Å². The Labute approximate surface area is 228 Å². The van der Waals surface area contributed by atoms with Crippen molar-refractivity contribution in [3.63, 3.8) is 0 Å². The highest BCUT2D eigenvalue weighted by Crippen LogP contribution is 2.50. The van der Waals surface area contributed by atoms with E-state index in [2.05, 4.69) is 99.0 Å². The summed E-state index contributed by atoms with van der Waals surface area (Å²) in [4.78, 5) is 0. The zero-order chi connectivity index (χ0) is 26.8. The van der Waals surface area contributed by atoms with Crippen LogP contribution in [0.3, 0.4) is 0 Å². The van der Waals surface area contributed by atoms with E-state index in [1.807, 2.05) is 18.2 Å². The van der Waals surface area contributed by atoms with Crippen molar-refractivity contribution in [2.45, 2.75) is 43.7 Å². The Morgan fingerprint density at radius 2 is 1.05 bits per heavy atom. The first-order valence-electron chi connectivity index (χ1n) is 13.4. The van der Waals surface area contributed by atoms with Crippen molar-refractivity contribution in [3.05, 3.63) is 131 Å². The molecule has 4 aromatic carbocycles. The lowest BCUT2D eigenvalue weighted by Crippen LogP contribution is -2.46. The minimum Gasteiger partial charge on any atom is -0.416 e.